The first-order chi connectivity index (χ1) is 6.00. The number of nitrogen functional groups attached to an aromatic ring is 1. The van der Waals surface area contributed by atoms with Crippen LogP contribution in [0.15, 0.2) is 18.2 Å². The van der Waals surface area contributed by atoms with Crippen molar-refractivity contribution in [2.45, 2.75) is 0 Å². The van der Waals surface area contributed by atoms with Gasteiger partial charge in [-0.3, -0.25) is 0 Å². The van der Waals surface area contributed by atoms with E-state index in [1.807, 2.05) is 0 Å². The van der Waals surface area contributed by atoms with Gasteiger partial charge in [-0.25, -0.2) is 0 Å². The van der Waals surface area contributed by atoms with Crippen LogP contribution in [0.4, 0.5) is 5.69 Å². The van der Waals surface area contributed by atoms with Crippen molar-refractivity contribution >= 4 is 17.6 Å². The zero-order valence-electron chi connectivity index (χ0n) is 8.44. The SMILES string of the molecule is Nc1cc(C(=O)[O-])cc(C(=O)[O-])c1.[Na+].[Na+]. The number of hydrogen-bond acceptors (Lipinski definition) is 5. The molecule has 1 rings (SSSR count). The van der Waals surface area contributed by atoms with Crippen LogP contribution in [0, 0.1) is 0 Å². The van der Waals surface area contributed by atoms with Crippen LogP contribution in [0.2, 0.25) is 0 Å². The van der Waals surface area contributed by atoms with Crippen LogP contribution in [0.25, 0.3) is 0 Å². The van der Waals surface area contributed by atoms with Crippen LogP contribution >= 0.6 is 0 Å². The van der Waals surface area contributed by atoms with Gasteiger partial charge in [0.15, 0.2) is 0 Å². The number of carboxylic acid groups (broad SMARTS) is 2. The molecule has 0 atom stereocenters. The molecule has 68 valence electrons. The van der Waals surface area contributed by atoms with Gasteiger partial charge in [-0.2, -0.15) is 0 Å². The number of carbonyl (C=O) groups is 2. The molecule has 0 saturated carbocycles. The van der Waals surface area contributed by atoms with E-state index in [1.54, 1.807) is 0 Å². The van der Waals surface area contributed by atoms with E-state index >= 15 is 0 Å². The summed E-state index contributed by atoms with van der Waals surface area (Å²) in [5.41, 5.74) is 4.74. The Morgan fingerprint density at radius 3 is 1.53 bits per heavy atom. The van der Waals surface area contributed by atoms with Crippen molar-refractivity contribution in [2.75, 3.05) is 5.73 Å². The largest absolute Gasteiger partial charge is 1.00 e. The van der Waals surface area contributed by atoms with Crippen LogP contribution in [0.1, 0.15) is 20.7 Å². The fourth-order valence-electron chi connectivity index (χ4n) is 0.887. The number of benzene rings is 1. The second kappa shape index (κ2) is 7.27. The van der Waals surface area contributed by atoms with Gasteiger partial charge in [-0.1, -0.05) is 0 Å². The molecule has 0 radical (unpaired) electrons. The second-order valence-corrected chi connectivity index (χ2v) is 2.42. The average molecular weight is 225 g/mol. The molecule has 0 unspecified atom stereocenters. The van der Waals surface area contributed by atoms with Gasteiger partial charge in [0.2, 0.25) is 0 Å². The van der Waals surface area contributed by atoms with Gasteiger partial charge >= 0.3 is 59.1 Å². The molecule has 7 heteroatoms. The number of rotatable bonds is 2. The number of carbonyl (C=O) groups excluding carboxylic acids is 2. The molecule has 15 heavy (non-hydrogen) atoms. The Balaban J connectivity index is 0. The van der Waals surface area contributed by atoms with Gasteiger partial charge < -0.3 is 25.5 Å². The van der Waals surface area contributed by atoms with Gasteiger partial charge in [0.25, 0.3) is 0 Å². The fraction of sp³-hybridized carbons (Fsp3) is 0. The van der Waals surface area contributed by atoms with Crippen LogP contribution in [-0.4, -0.2) is 11.9 Å². The molecule has 0 fully saturated rings. The average Bonchev–Trinajstić information content (AvgIpc) is 2.03. The maximum absolute atomic E-state index is 10.3. The van der Waals surface area contributed by atoms with E-state index < -0.39 is 11.9 Å². The summed E-state index contributed by atoms with van der Waals surface area (Å²) in [6.45, 7) is 0. The molecule has 0 bridgehead atoms. The van der Waals surface area contributed by atoms with E-state index in [-0.39, 0.29) is 75.9 Å². The molecule has 0 aliphatic carbocycles. The zero-order valence-corrected chi connectivity index (χ0v) is 12.4. The predicted molar refractivity (Wildman–Crippen MR) is 39.5 cm³/mol. The maximum Gasteiger partial charge on any atom is 1.00 e. The predicted octanol–water partition coefficient (Wildman–Crippen LogP) is -8.00. The third-order valence-corrected chi connectivity index (χ3v) is 1.43. The molecule has 2 N–H and O–H groups in total. The molecule has 5 nitrogen and oxygen atoms in total. The standard InChI is InChI=1S/C8H7NO4.2Na/c9-6-2-4(7(10)11)1-5(3-6)8(12)13;;/h1-3H,9H2,(H,10,11)(H,12,13);;/q;2*+1/p-2. The van der Waals surface area contributed by atoms with E-state index in [4.69, 9.17) is 5.73 Å². The molecule has 1 aromatic carbocycles. The molecule has 0 aromatic heterocycles. The Labute approximate surface area is 130 Å². The van der Waals surface area contributed by atoms with Gasteiger partial charge in [-0.05, 0) is 29.3 Å². The van der Waals surface area contributed by atoms with Gasteiger partial charge in [-0.15, -0.1) is 0 Å². The minimum absolute atomic E-state index is 0. The fourth-order valence-corrected chi connectivity index (χ4v) is 0.887. The molecular formula is C8H5NNa2O4. The summed E-state index contributed by atoms with van der Waals surface area (Å²) in [5, 5.41) is 20.7. The third kappa shape index (κ3) is 5.01. The molecule has 0 heterocycles. The van der Waals surface area contributed by atoms with E-state index in [0.717, 1.165) is 18.2 Å². The minimum atomic E-state index is -1.48. The summed E-state index contributed by atoms with van der Waals surface area (Å²) in [7, 11) is 0. The Kier molecular flexibility index (Phi) is 8.41. The van der Waals surface area contributed by atoms with Crippen LogP contribution in [0.3, 0.4) is 0 Å². The van der Waals surface area contributed by atoms with Crippen LogP contribution < -0.4 is 75.1 Å². The third-order valence-electron chi connectivity index (χ3n) is 1.43. The monoisotopic (exact) mass is 225 g/mol. The van der Waals surface area contributed by atoms with Crippen molar-refractivity contribution in [3.63, 3.8) is 0 Å². The van der Waals surface area contributed by atoms with E-state index in [0.29, 0.717) is 0 Å². The van der Waals surface area contributed by atoms with Crippen LogP contribution in [0.5, 0.6) is 0 Å². The van der Waals surface area contributed by atoms with Crippen molar-refractivity contribution < 1.29 is 78.9 Å². The molecule has 1 aromatic rings. The summed E-state index contributed by atoms with van der Waals surface area (Å²) in [5.74, 6) is -2.95. The summed E-state index contributed by atoms with van der Waals surface area (Å²) < 4.78 is 0. The van der Waals surface area contributed by atoms with Crippen LogP contribution in [-0.2, 0) is 0 Å². The van der Waals surface area contributed by atoms with Crippen molar-refractivity contribution in [1.29, 1.82) is 0 Å². The molecular weight excluding hydrogens is 220 g/mol. The molecule has 0 aliphatic rings. The first-order valence-electron chi connectivity index (χ1n) is 3.34. The van der Waals surface area contributed by atoms with Crippen molar-refractivity contribution in [2.24, 2.45) is 0 Å². The Morgan fingerprint density at radius 1 is 0.933 bits per heavy atom. The number of anilines is 1. The number of carboxylic acids is 2. The topological polar surface area (TPSA) is 106 Å². The minimum Gasteiger partial charge on any atom is -0.545 e. The summed E-state index contributed by atoms with van der Waals surface area (Å²) in [4.78, 5) is 20.7. The molecule has 0 amide bonds. The first-order valence-corrected chi connectivity index (χ1v) is 3.34. The first kappa shape index (κ1) is 17.4. The zero-order chi connectivity index (χ0) is 10.0. The van der Waals surface area contributed by atoms with E-state index in [9.17, 15) is 19.8 Å². The van der Waals surface area contributed by atoms with Crippen molar-refractivity contribution in [1.82, 2.24) is 0 Å². The molecule has 0 saturated heterocycles. The Bertz CT molecular complexity index is 349. The quantitative estimate of drug-likeness (QED) is 0.397. The second-order valence-electron chi connectivity index (χ2n) is 2.42. The molecule has 0 spiro atoms. The number of hydrogen-bond donors (Lipinski definition) is 1. The van der Waals surface area contributed by atoms with Gasteiger partial charge in [0, 0.05) is 5.69 Å². The van der Waals surface area contributed by atoms with E-state index in [2.05, 4.69) is 0 Å². The molecule has 0 aliphatic heterocycles. The maximum atomic E-state index is 10.3. The van der Waals surface area contributed by atoms with Crippen molar-refractivity contribution in [3.05, 3.63) is 29.3 Å². The number of nitrogens with two attached hydrogens (primary N) is 1. The van der Waals surface area contributed by atoms with Gasteiger partial charge in [0.05, 0.1) is 11.9 Å². The normalized spacial score (nSPS) is 8.27. The summed E-state index contributed by atoms with van der Waals surface area (Å²) in [6.07, 6.45) is 0. The summed E-state index contributed by atoms with van der Waals surface area (Å²) >= 11 is 0. The van der Waals surface area contributed by atoms with E-state index in [1.165, 1.54) is 0 Å². The smallest absolute Gasteiger partial charge is 0.545 e. The van der Waals surface area contributed by atoms with Gasteiger partial charge in [0.1, 0.15) is 0 Å². The Morgan fingerprint density at radius 2 is 1.27 bits per heavy atom. The van der Waals surface area contributed by atoms with Crippen molar-refractivity contribution in [3.8, 4) is 0 Å². The Hall–Kier alpha value is -0.0400. The number of aromatic carboxylic acids is 2. The summed E-state index contributed by atoms with van der Waals surface area (Å²) in [6, 6.07) is 3.16.